The highest BCUT2D eigenvalue weighted by Crippen LogP contribution is 2.26. The Hall–Kier alpha value is -1.64. The lowest BCUT2D eigenvalue weighted by Gasteiger charge is -2.16. The number of carbonyl (C=O) groups excluding carboxylic acids is 1. The van der Waals surface area contributed by atoms with Crippen molar-refractivity contribution in [3.8, 4) is 0 Å². The van der Waals surface area contributed by atoms with Crippen LogP contribution in [-0.2, 0) is 4.79 Å². The van der Waals surface area contributed by atoms with E-state index in [2.05, 4.69) is 10.5 Å². The number of nitrogens with one attached hydrogen (secondary N) is 1. The van der Waals surface area contributed by atoms with Crippen LogP contribution in [0, 0.1) is 5.41 Å². The standard InChI is InChI=1S/C11H12N2O/c1-11(2)9(12-13-10(11)14)8-6-4-3-5-7-8/h3-7H,1-2H3,(H,13,14). The first-order chi connectivity index (χ1) is 6.62. The summed E-state index contributed by atoms with van der Waals surface area (Å²) >= 11 is 0. The summed E-state index contributed by atoms with van der Waals surface area (Å²) in [6, 6.07) is 9.75. The molecule has 14 heavy (non-hydrogen) atoms. The van der Waals surface area contributed by atoms with Crippen LogP contribution in [0.3, 0.4) is 0 Å². The summed E-state index contributed by atoms with van der Waals surface area (Å²) in [5, 5.41) is 4.06. The number of hydrogen-bond acceptors (Lipinski definition) is 2. The van der Waals surface area contributed by atoms with Gasteiger partial charge in [-0.15, -0.1) is 0 Å². The Morgan fingerprint density at radius 3 is 2.36 bits per heavy atom. The number of benzene rings is 1. The summed E-state index contributed by atoms with van der Waals surface area (Å²) in [5.74, 6) is -0.0450. The lowest BCUT2D eigenvalue weighted by molar-refractivity contribution is -0.125. The van der Waals surface area contributed by atoms with E-state index < -0.39 is 5.41 Å². The van der Waals surface area contributed by atoms with Gasteiger partial charge >= 0.3 is 0 Å². The molecular weight excluding hydrogens is 176 g/mol. The van der Waals surface area contributed by atoms with Gasteiger partial charge in [-0.25, -0.2) is 5.43 Å². The van der Waals surface area contributed by atoms with Crippen LogP contribution in [0.15, 0.2) is 35.4 Å². The zero-order valence-electron chi connectivity index (χ0n) is 8.24. The van der Waals surface area contributed by atoms with Gasteiger partial charge in [0.2, 0.25) is 0 Å². The highest BCUT2D eigenvalue weighted by atomic mass is 16.2. The molecule has 1 heterocycles. The molecule has 72 valence electrons. The monoisotopic (exact) mass is 188 g/mol. The van der Waals surface area contributed by atoms with E-state index in [9.17, 15) is 4.79 Å². The fourth-order valence-electron chi connectivity index (χ4n) is 1.52. The second-order valence-electron chi connectivity index (χ2n) is 3.89. The van der Waals surface area contributed by atoms with E-state index in [1.807, 2.05) is 44.2 Å². The lowest BCUT2D eigenvalue weighted by atomic mass is 9.84. The molecule has 1 amide bonds. The summed E-state index contributed by atoms with van der Waals surface area (Å²) in [6.07, 6.45) is 0. The molecule has 1 aliphatic heterocycles. The molecule has 1 aromatic carbocycles. The van der Waals surface area contributed by atoms with Crippen LogP contribution in [0.2, 0.25) is 0 Å². The number of carbonyl (C=O) groups is 1. The van der Waals surface area contributed by atoms with Crippen molar-refractivity contribution in [3.05, 3.63) is 35.9 Å². The van der Waals surface area contributed by atoms with Crippen molar-refractivity contribution in [2.45, 2.75) is 13.8 Å². The molecule has 1 aromatic rings. The molecule has 0 spiro atoms. The molecule has 0 atom stereocenters. The Labute approximate surface area is 82.8 Å². The van der Waals surface area contributed by atoms with E-state index in [0.717, 1.165) is 11.3 Å². The van der Waals surface area contributed by atoms with Gasteiger partial charge in [-0.3, -0.25) is 4.79 Å². The van der Waals surface area contributed by atoms with Gasteiger partial charge < -0.3 is 0 Å². The molecule has 0 unspecified atom stereocenters. The average Bonchev–Trinajstić information content (AvgIpc) is 2.44. The third-order valence-corrected chi connectivity index (χ3v) is 2.48. The fraction of sp³-hybridized carbons (Fsp3) is 0.273. The van der Waals surface area contributed by atoms with E-state index in [1.165, 1.54) is 0 Å². The molecular formula is C11H12N2O. The molecule has 0 fully saturated rings. The minimum Gasteiger partial charge on any atom is -0.272 e. The number of rotatable bonds is 1. The van der Waals surface area contributed by atoms with Crippen molar-refractivity contribution in [2.24, 2.45) is 10.5 Å². The zero-order valence-corrected chi connectivity index (χ0v) is 8.24. The number of hydrazone groups is 1. The van der Waals surface area contributed by atoms with Crippen LogP contribution in [0.25, 0.3) is 0 Å². The summed E-state index contributed by atoms with van der Waals surface area (Å²) < 4.78 is 0. The summed E-state index contributed by atoms with van der Waals surface area (Å²) in [7, 11) is 0. The van der Waals surface area contributed by atoms with Crippen molar-refractivity contribution in [2.75, 3.05) is 0 Å². The summed E-state index contributed by atoms with van der Waals surface area (Å²) in [4.78, 5) is 11.5. The van der Waals surface area contributed by atoms with Gasteiger partial charge in [0.05, 0.1) is 11.1 Å². The van der Waals surface area contributed by atoms with E-state index in [-0.39, 0.29) is 5.91 Å². The highest BCUT2D eigenvalue weighted by molar-refractivity contribution is 6.19. The molecule has 0 radical (unpaired) electrons. The first kappa shape index (κ1) is 8.94. The van der Waals surface area contributed by atoms with Gasteiger partial charge in [-0.05, 0) is 19.4 Å². The topological polar surface area (TPSA) is 41.5 Å². The van der Waals surface area contributed by atoms with Crippen molar-refractivity contribution in [3.63, 3.8) is 0 Å². The Morgan fingerprint density at radius 1 is 1.21 bits per heavy atom. The van der Waals surface area contributed by atoms with E-state index in [4.69, 9.17) is 0 Å². The van der Waals surface area contributed by atoms with Crippen molar-refractivity contribution in [1.82, 2.24) is 5.43 Å². The van der Waals surface area contributed by atoms with Crippen molar-refractivity contribution < 1.29 is 4.79 Å². The van der Waals surface area contributed by atoms with Crippen LogP contribution in [0.5, 0.6) is 0 Å². The molecule has 2 rings (SSSR count). The maximum Gasteiger partial charge on any atom is 0.251 e. The van der Waals surface area contributed by atoms with E-state index in [0.29, 0.717) is 0 Å². The number of nitrogens with zero attached hydrogens (tertiary/aromatic N) is 1. The van der Waals surface area contributed by atoms with Gasteiger partial charge in [-0.1, -0.05) is 30.3 Å². The van der Waals surface area contributed by atoms with Gasteiger partial charge in [0.15, 0.2) is 0 Å². The predicted octanol–water partition coefficient (Wildman–Crippen LogP) is 1.55. The molecule has 3 heteroatoms. The quantitative estimate of drug-likeness (QED) is 0.713. The first-order valence-corrected chi connectivity index (χ1v) is 4.56. The van der Waals surface area contributed by atoms with Gasteiger partial charge in [0, 0.05) is 0 Å². The zero-order chi connectivity index (χ0) is 10.2. The third-order valence-electron chi connectivity index (χ3n) is 2.48. The van der Waals surface area contributed by atoms with Crippen LogP contribution in [-0.4, -0.2) is 11.6 Å². The number of hydrogen-bond donors (Lipinski definition) is 1. The van der Waals surface area contributed by atoms with Crippen LogP contribution >= 0.6 is 0 Å². The normalized spacial score (nSPS) is 19.0. The molecule has 3 nitrogen and oxygen atoms in total. The van der Waals surface area contributed by atoms with E-state index in [1.54, 1.807) is 0 Å². The minimum atomic E-state index is -0.526. The molecule has 0 aliphatic carbocycles. The second-order valence-corrected chi connectivity index (χ2v) is 3.89. The smallest absolute Gasteiger partial charge is 0.251 e. The fourth-order valence-corrected chi connectivity index (χ4v) is 1.52. The molecule has 1 N–H and O–H groups in total. The Kier molecular flexibility index (Phi) is 1.88. The summed E-state index contributed by atoms with van der Waals surface area (Å²) in [5.41, 5.74) is 3.79. The maximum atomic E-state index is 11.5. The first-order valence-electron chi connectivity index (χ1n) is 4.56. The Morgan fingerprint density at radius 2 is 1.86 bits per heavy atom. The van der Waals surface area contributed by atoms with E-state index >= 15 is 0 Å². The Balaban J connectivity index is 2.43. The van der Waals surface area contributed by atoms with Crippen LogP contribution in [0.1, 0.15) is 19.4 Å². The minimum absolute atomic E-state index is 0.0450. The maximum absolute atomic E-state index is 11.5. The average molecular weight is 188 g/mol. The SMILES string of the molecule is CC1(C)C(=O)NN=C1c1ccccc1. The van der Waals surface area contributed by atoms with Gasteiger partial charge in [0.25, 0.3) is 5.91 Å². The largest absolute Gasteiger partial charge is 0.272 e. The van der Waals surface area contributed by atoms with Gasteiger partial charge in [0.1, 0.15) is 0 Å². The molecule has 0 saturated heterocycles. The molecule has 0 bridgehead atoms. The third kappa shape index (κ3) is 1.21. The number of amides is 1. The summed E-state index contributed by atoms with van der Waals surface area (Å²) in [6.45, 7) is 3.75. The van der Waals surface area contributed by atoms with Gasteiger partial charge in [-0.2, -0.15) is 5.10 Å². The lowest BCUT2D eigenvalue weighted by Crippen LogP contribution is -2.32. The second kappa shape index (κ2) is 2.94. The van der Waals surface area contributed by atoms with Crippen LogP contribution < -0.4 is 5.43 Å². The molecule has 1 aliphatic rings. The predicted molar refractivity (Wildman–Crippen MR) is 54.9 cm³/mol. The molecule has 0 aromatic heterocycles. The van der Waals surface area contributed by atoms with Crippen molar-refractivity contribution in [1.29, 1.82) is 0 Å². The Bertz CT molecular complexity index is 393. The van der Waals surface area contributed by atoms with Crippen LogP contribution in [0.4, 0.5) is 0 Å². The van der Waals surface area contributed by atoms with Crippen molar-refractivity contribution >= 4 is 11.6 Å². The highest BCUT2D eigenvalue weighted by Gasteiger charge is 2.38. The molecule has 0 saturated carbocycles.